The molecule has 0 saturated heterocycles. The normalized spacial score (nSPS) is 9.67. The molecule has 1 aromatic carbocycles. The van der Waals surface area contributed by atoms with E-state index >= 15 is 0 Å². The Bertz CT molecular complexity index is 478. The molecule has 0 bridgehead atoms. The van der Waals surface area contributed by atoms with Gasteiger partial charge in [0.1, 0.15) is 5.75 Å². The molecule has 0 spiro atoms. The number of methoxy groups -OCH3 is 1. The molecule has 96 valence electrons. The highest BCUT2D eigenvalue weighted by Gasteiger charge is 2.13. The molecule has 5 heteroatoms. The summed E-state index contributed by atoms with van der Waals surface area (Å²) in [7, 11) is 1.51. The number of ether oxygens (including phenoxy) is 2. The van der Waals surface area contributed by atoms with E-state index in [0.29, 0.717) is 29.0 Å². The van der Waals surface area contributed by atoms with E-state index in [1.165, 1.54) is 7.11 Å². The summed E-state index contributed by atoms with van der Waals surface area (Å²) in [4.78, 5) is 11.5. The van der Waals surface area contributed by atoms with Gasteiger partial charge in [-0.05, 0) is 30.2 Å². The summed E-state index contributed by atoms with van der Waals surface area (Å²) in [6, 6.07) is 5.37. The molecule has 1 rings (SSSR count). The third kappa shape index (κ3) is 3.22. The molecule has 0 aliphatic carbocycles. The number of nitrogens with zero attached hydrogens (tertiary/aromatic N) is 1. The molecule has 0 radical (unpaired) electrons. The van der Waals surface area contributed by atoms with E-state index in [1.807, 2.05) is 0 Å². The maximum Gasteiger partial charge on any atom is 0.310 e. The maximum absolute atomic E-state index is 11.5. The van der Waals surface area contributed by atoms with Crippen LogP contribution in [0, 0.1) is 11.3 Å². The van der Waals surface area contributed by atoms with Crippen LogP contribution in [-0.2, 0) is 22.5 Å². The topological polar surface area (TPSA) is 85.3 Å². The second-order valence-electron chi connectivity index (χ2n) is 3.61. The molecule has 18 heavy (non-hydrogen) atoms. The fourth-order valence-corrected chi connectivity index (χ4v) is 1.69. The van der Waals surface area contributed by atoms with E-state index in [4.69, 9.17) is 20.5 Å². The highest BCUT2D eigenvalue weighted by atomic mass is 16.5. The molecule has 0 atom stereocenters. The second kappa shape index (κ2) is 6.62. The van der Waals surface area contributed by atoms with Crippen molar-refractivity contribution in [2.45, 2.75) is 19.9 Å². The Morgan fingerprint density at radius 1 is 1.50 bits per heavy atom. The fraction of sp³-hybridized carbons (Fsp3) is 0.385. The van der Waals surface area contributed by atoms with Crippen molar-refractivity contribution in [3.05, 3.63) is 28.8 Å². The molecule has 0 heterocycles. The van der Waals surface area contributed by atoms with Crippen molar-refractivity contribution in [3.63, 3.8) is 0 Å². The SMILES string of the molecule is CCOC(=O)Cc1cc(OC)cc(C#N)c1CN. The smallest absolute Gasteiger partial charge is 0.310 e. The lowest BCUT2D eigenvalue weighted by molar-refractivity contribution is -0.142. The van der Waals surface area contributed by atoms with Crippen LogP contribution in [0.1, 0.15) is 23.6 Å². The molecule has 0 amide bonds. The first kappa shape index (κ1) is 14.0. The van der Waals surface area contributed by atoms with E-state index in [9.17, 15) is 4.79 Å². The van der Waals surface area contributed by atoms with Gasteiger partial charge in [-0.3, -0.25) is 4.79 Å². The zero-order valence-electron chi connectivity index (χ0n) is 10.5. The van der Waals surface area contributed by atoms with Crippen LogP contribution in [0.15, 0.2) is 12.1 Å². The number of carbonyl (C=O) groups is 1. The third-order valence-electron chi connectivity index (χ3n) is 2.52. The number of hydrogen-bond acceptors (Lipinski definition) is 5. The van der Waals surface area contributed by atoms with Gasteiger partial charge in [0.25, 0.3) is 0 Å². The highest BCUT2D eigenvalue weighted by Crippen LogP contribution is 2.22. The Hall–Kier alpha value is -2.06. The van der Waals surface area contributed by atoms with E-state index in [1.54, 1.807) is 19.1 Å². The van der Waals surface area contributed by atoms with Crippen LogP contribution < -0.4 is 10.5 Å². The van der Waals surface area contributed by atoms with Crippen molar-refractivity contribution in [1.29, 1.82) is 5.26 Å². The number of hydrogen-bond donors (Lipinski definition) is 1. The molecule has 0 aliphatic rings. The number of esters is 1. The number of benzene rings is 1. The van der Waals surface area contributed by atoms with Crippen LogP contribution in [0.25, 0.3) is 0 Å². The van der Waals surface area contributed by atoms with Crippen molar-refractivity contribution >= 4 is 5.97 Å². The lowest BCUT2D eigenvalue weighted by Crippen LogP contribution is -2.12. The maximum atomic E-state index is 11.5. The minimum atomic E-state index is -0.343. The molecule has 2 N–H and O–H groups in total. The zero-order valence-corrected chi connectivity index (χ0v) is 10.5. The van der Waals surface area contributed by atoms with Crippen molar-refractivity contribution in [2.75, 3.05) is 13.7 Å². The van der Waals surface area contributed by atoms with Gasteiger partial charge in [0.05, 0.1) is 31.8 Å². The summed E-state index contributed by atoms with van der Waals surface area (Å²) in [5, 5.41) is 9.05. The molecule has 0 aromatic heterocycles. The van der Waals surface area contributed by atoms with Crippen LogP contribution in [0.4, 0.5) is 0 Å². The Kier molecular flexibility index (Phi) is 5.15. The van der Waals surface area contributed by atoms with Gasteiger partial charge in [0, 0.05) is 6.54 Å². The van der Waals surface area contributed by atoms with E-state index in [2.05, 4.69) is 6.07 Å². The number of rotatable bonds is 5. The molecule has 0 aliphatic heterocycles. The summed E-state index contributed by atoms with van der Waals surface area (Å²) in [6.07, 6.45) is 0.0895. The van der Waals surface area contributed by atoms with E-state index < -0.39 is 0 Å². The van der Waals surface area contributed by atoms with Crippen LogP contribution in [-0.4, -0.2) is 19.7 Å². The summed E-state index contributed by atoms with van der Waals surface area (Å²) >= 11 is 0. The van der Waals surface area contributed by atoms with Gasteiger partial charge in [0.2, 0.25) is 0 Å². The average molecular weight is 248 g/mol. The Balaban J connectivity index is 3.15. The lowest BCUT2D eigenvalue weighted by atomic mass is 9.98. The average Bonchev–Trinajstić information content (AvgIpc) is 2.37. The van der Waals surface area contributed by atoms with Gasteiger partial charge in [-0.1, -0.05) is 0 Å². The molecular weight excluding hydrogens is 232 g/mol. The predicted molar refractivity (Wildman–Crippen MR) is 65.9 cm³/mol. The lowest BCUT2D eigenvalue weighted by Gasteiger charge is -2.11. The van der Waals surface area contributed by atoms with Gasteiger partial charge < -0.3 is 15.2 Å². The Morgan fingerprint density at radius 3 is 2.72 bits per heavy atom. The monoisotopic (exact) mass is 248 g/mol. The zero-order chi connectivity index (χ0) is 13.5. The molecule has 0 unspecified atom stereocenters. The summed E-state index contributed by atoms with van der Waals surface area (Å²) < 4.78 is 9.98. The highest BCUT2D eigenvalue weighted by molar-refractivity contribution is 5.73. The first-order chi connectivity index (χ1) is 8.65. The standard InChI is InChI=1S/C13H16N2O3/c1-3-18-13(16)6-9-4-11(17-2)5-10(7-14)12(9)8-15/h4-5H,3,6,8,15H2,1-2H3. The summed E-state index contributed by atoms with van der Waals surface area (Å²) in [5.41, 5.74) is 7.38. The van der Waals surface area contributed by atoms with Crippen molar-refractivity contribution in [2.24, 2.45) is 5.73 Å². The van der Waals surface area contributed by atoms with Gasteiger partial charge in [-0.15, -0.1) is 0 Å². The van der Waals surface area contributed by atoms with Gasteiger partial charge in [-0.25, -0.2) is 0 Å². The quantitative estimate of drug-likeness (QED) is 0.789. The Labute approximate surface area is 106 Å². The molecule has 0 saturated carbocycles. The van der Waals surface area contributed by atoms with Crippen molar-refractivity contribution < 1.29 is 14.3 Å². The van der Waals surface area contributed by atoms with Gasteiger partial charge in [-0.2, -0.15) is 5.26 Å². The van der Waals surface area contributed by atoms with Crippen molar-refractivity contribution in [1.82, 2.24) is 0 Å². The fourth-order valence-electron chi connectivity index (χ4n) is 1.69. The number of nitrogens with two attached hydrogens (primary N) is 1. The number of carbonyl (C=O) groups excluding carboxylic acids is 1. The van der Waals surface area contributed by atoms with E-state index in [0.717, 1.165) is 0 Å². The molecule has 5 nitrogen and oxygen atoms in total. The predicted octanol–water partition coefficient (Wildman–Crippen LogP) is 1.13. The van der Waals surface area contributed by atoms with Crippen LogP contribution >= 0.6 is 0 Å². The molecule has 1 aromatic rings. The third-order valence-corrected chi connectivity index (χ3v) is 2.52. The summed E-state index contributed by atoms with van der Waals surface area (Å²) in [6.45, 7) is 2.27. The van der Waals surface area contributed by atoms with Crippen LogP contribution in [0.2, 0.25) is 0 Å². The van der Waals surface area contributed by atoms with E-state index in [-0.39, 0.29) is 18.9 Å². The first-order valence-electron chi connectivity index (χ1n) is 5.61. The molecule has 0 fully saturated rings. The van der Waals surface area contributed by atoms with Crippen LogP contribution in [0.5, 0.6) is 5.75 Å². The minimum absolute atomic E-state index is 0.0895. The number of nitriles is 1. The molecular formula is C13H16N2O3. The van der Waals surface area contributed by atoms with Crippen molar-refractivity contribution in [3.8, 4) is 11.8 Å². The minimum Gasteiger partial charge on any atom is -0.497 e. The summed E-state index contributed by atoms with van der Waals surface area (Å²) in [5.74, 6) is 0.187. The Morgan fingerprint density at radius 2 is 2.22 bits per heavy atom. The first-order valence-corrected chi connectivity index (χ1v) is 5.61. The largest absolute Gasteiger partial charge is 0.497 e. The van der Waals surface area contributed by atoms with Crippen LogP contribution in [0.3, 0.4) is 0 Å². The second-order valence-corrected chi connectivity index (χ2v) is 3.61. The van der Waals surface area contributed by atoms with Gasteiger partial charge in [0.15, 0.2) is 0 Å². The van der Waals surface area contributed by atoms with Gasteiger partial charge >= 0.3 is 5.97 Å².